The van der Waals surface area contributed by atoms with Crippen LogP contribution in [0.1, 0.15) is 5.82 Å². The fraction of sp³-hybridized carbons (Fsp3) is 0.100. The molecule has 1 aromatic carbocycles. The van der Waals surface area contributed by atoms with Crippen LogP contribution < -0.4 is 0 Å². The minimum atomic E-state index is -0.289. The summed E-state index contributed by atoms with van der Waals surface area (Å²) in [6.45, 7) is 1.77. The Bertz CT molecular complexity index is 659. The number of hydrogen-bond acceptors (Lipinski definition) is 3. The average molecular weight is 202 g/mol. The van der Waals surface area contributed by atoms with Crippen molar-refractivity contribution < 1.29 is 4.39 Å². The van der Waals surface area contributed by atoms with Crippen LogP contribution in [0.5, 0.6) is 0 Å². The Morgan fingerprint density at radius 3 is 3.00 bits per heavy atom. The van der Waals surface area contributed by atoms with Crippen LogP contribution in [-0.4, -0.2) is 19.6 Å². The molecule has 0 saturated carbocycles. The number of para-hydroxylation sites is 1. The number of fused-ring (bicyclic) bond motifs is 3. The summed E-state index contributed by atoms with van der Waals surface area (Å²) >= 11 is 0. The number of hydrogen-bond donors (Lipinski definition) is 0. The second-order valence-electron chi connectivity index (χ2n) is 3.32. The maximum atomic E-state index is 13.7. The Morgan fingerprint density at radius 1 is 1.27 bits per heavy atom. The third-order valence-electron chi connectivity index (χ3n) is 2.37. The van der Waals surface area contributed by atoms with Crippen LogP contribution in [0, 0.1) is 12.7 Å². The number of halogens is 1. The molecule has 0 atom stereocenters. The molecule has 0 aliphatic carbocycles. The third kappa shape index (κ3) is 1.03. The van der Waals surface area contributed by atoms with Crippen molar-refractivity contribution in [1.82, 2.24) is 19.6 Å². The lowest BCUT2D eigenvalue weighted by Gasteiger charge is -2.02. The molecule has 2 aromatic heterocycles. The third-order valence-corrected chi connectivity index (χ3v) is 2.37. The Kier molecular flexibility index (Phi) is 1.50. The van der Waals surface area contributed by atoms with Gasteiger partial charge < -0.3 is 0 Å². The molecule has 0 unspecified atom stereocenters. The highest BCUT2D eigenvalue weighted by molar-refractivity contribution is 5.80. The smallest absolute Gasteiger partial charge is 0.255 e. The van der Waals surface area contributed by atoms with Crippen LogP contribution in [0.15, 0.2) is 24.4 Å². The van der Waals surface area contributed by atoms with Crippen molar-refractivity contribution in [1.29, 1.82) is 0 Å². The lowest BCUT2D eigenvalue weighted by molar-refractivity contribution is 0.634. The first-order chi connectivity index (χ1) is 7.27. The molecule has 0 amide bonds. The highest BCUT2D eigenvalue weighted by atomic mass is 19.1. The highest BCUT2D eigenvalue weighted by Crippen LogP contribution is 2.18. The second-order valence-corrected chi connectivity index (χ2v) is 3.32. The van der Waals surface area contributed by atoms with E-state index in [1.807, 2.05) is 6.07 Å². The van der Waals surface area contributed by atoms with Crippen LogP contribution in [0.25, 0.3) is 16.7 Å². The topological polar surface area (TPSA) is 43.1 Å². The predicted molar refractivity (Wildman–Crippen MR) is 53.0 cm³/mol. The van der Waals surface area contributed by atoms with E-state index in [4.69, 9.17) is 0 Å². The molecule has 0 aliphatic heterocycles. The van der Waals surface area contributed by atoms with Gasteiger partial charge in [-0.1, -0.05) is 12.1 Å². The Balaban J connectivity index is 2.68. The Labute approximate surface area is 84.4 Å². The molecule has 4 nitrogen and oxygen atoms in total. The minimum absolute atomic E-state index is 0.289. The molecular formula is C10H7FN4. The normalized spacial score (nSPS) is 11.3. The summed E-state index contributed by atoms with van der Waals surface area (Å²) in [5.41, 5.74) is 0.477. The molecule has 3 rings (SSSR count). The van der Waals surface area contributed by atoms with Gasteiger partial charge in [0.15, 0.2) is 0 Å². The fourth-order valence-electron chi connectivity index (χ4n) is 1.70. The average Bonchev–Trinajstić information content (AvgIpc) is 2.61. The molecule has 0 N–H and O–H groups in total. The van der Waals surface area contributed by atoms with Crippen LogP contribution in [0.2, 0.25) is 0 Å². The standard InChI is InChI=1S/C10H7FN4/c1-6-13-14-10-12-5-7-3-2-4-8(11)9(7)15(6)10/h2-5H,1H3. The summed E-state index contributed by atoms with van der Waals surface area (Å²) in [6.07, 6.45) is 1.60. The zero-order chi connectivity index (χ0) is 10.4. The number of aryl methyl sites for hydroxylation is 1. The van der Waals surface area contributed by atoms with Crippen molar-refractivity contribution >= 4 is 16.7 Å². The highest BCUT2D eigenvalue weighted by Gasteiger charge is 2.09. The number of benzene rings is 1. The van der Waals surface area contributed by atoms with E-state index < -0.39 is 0 Å². The van der Waals surface area contributed by atoms with Gasteiger partial charge in [0, 0.05) is 11.6 Å². The monoisotopic (exact) mass is 202 g/mol. The first kappa shape index (κ1) is 8.28. The lowest BCUT2D eigenvalue weighted by Crippen LogP contribution is -1.95. The van der Waals surface area contributed by atoms with Crippen molar-refractivity contribution in [2.75, 3.05) is 0 Å². The summed E-state index contributed by atoms with van der Waals surface area (Å²) in [4.78, 5) is 4.09. The van der Waals surface area contributed by atoms with Crippen LogP contribution in [0.4, 0.5) is 4.39 Å². The van der Waals surface area contributed by atoms with Crippen LogP contribution in [0.3, 0.4) is 0 Å². The van der Waals surface area contributed by atoms with Gasteiger partial charge in [0.25, 0.3) is 5.78 Å². The van der Waals surface area contributed by atoms with Crippen molar-refractivity contribution in [3.8, 4) is 0 Å². The molecule has 5 heteroatoms. The largest absolute Gasteiger partial charge is 0.260 e. The van der Waals surface area contributed by atoms with E-state index in [-0.39, 0.29) is 5.82 Å². The van der Waals surface area contributed by atoms with E-state index in [1.165, 1.54) is 6.07 Å². The minimum Gasteiger partial charge on any atom is -0.260 e. The van der Waals surface area contributed by atoms with E-state index >= 15 is 0 Å². The first-order valence-corrected chi connectivity index (χ1v) is 4.52. The van der Waals surface area contributed by atoms with Crippen molar-refractivity contribution in [2.45, 2.75) is 6.92 Å². The molecule has 0 radical (unpaired) electrons. The maximum Gasteiger partial charge on any atom is 0.255 e. The Morgan fingerprint density at radius 2 is 2.13 bits per heavy atom. The van der Waals surface area contributed by atoms with E-state index in [0.717, 1.165) is 5.39 Å². The lowest BCUT2D eigenvalue weighted by atomic mass is 10.2. The van der Waals surface area contributed by atoms with Gasteiger partial charge in [-0.15, -0.1) is 10.2 Å². The van der Waals surface area contributed by atoms with Gasteiger partial charge in [-0.3, -0.25) is 4.40 Å². The molecule has 0 spiro atoms. The number of nitrogens with zero attached hydrogens (tertiary/aromatic N) is 4. The van der Waals surface area contributed by atoms with Gasteiger partial charge in [-0.05, 0) is 13.0 Å². The van der Waals surface area contributed by atoms with Gasteiger partial charge >= 0.3 is 0 Å². The van der Waals surface area contributed by atoms with E-state index in [2.05, 4.69) is 15.2 Å². The van der Waals surface area contributed by atoms with Gasteiger partial charge in [-0.2, -0.15) is 0 Å². The van der Waals surface area contributed by atoms with Gasteiger partial charge in [0.2, 0.25) is 0 Å². The van der Waals surface area contributed by atoms with Crippen molar-refractivity contribution in [2.24, 2.45) is 0 Å². The molecular weight excluding hydrogens is 195 g/mol. The summed E-state index contributed by atoms with van der Waals surface area (Å²) < 4.78 is 15.3. The fourth-order valence-corrected chi connectivity index (χ4v) is 1.70. The van der Waals surface area contributed by atoms with Gasteiger partial charge in [0.1, 0.15) is 11.6 Å². The summed E-state index contributed by atoms with van der Waals surface area (Å²) in [5.74, 6) is 0.765. The summed E-state index contributed by atoms with van der Waals surface area (Å²) in [7, 11) is 0. The van der Waals surface area contributed by atoms with E-state index in [1.54, 1.807) is 23.6 Å². The SMILES string of the molecule is Cc1nnc2ncc3cccc(F)c3n12. The molecule has 3 aromatic rings. The van der Waals surface area contributed by atoms with Crippen molar-refractivity contribution in [3.63, 3.8) is 0 Å². The quantitative estimate of drug-likeness (QED) is 0.557. The molecule has 0 fully saturated rings. The molecule has 0 aliphatic rings. The summed E-state index contributed by atoms with van der Waals surface area (Å²) in [6, 6.07) is 4.89. The zero-order valence-electron chi connectivity index (χ0n) is 7.98. The van der Waals surface area contributed by atoms with Crippen LogP contribution in [-0.2, 0) is 0 Å². The number of rotatable bonds is 0. The molecule has 74 valence electrons. The second kappa shape index (κ2) is 2.73. The summed E-state index contributed by atoms with van der Waals surface area (Å²) in [5, 5.41) is 8.46. The first-order valence-electron chi connectivity index (χ1n) is 4.52. The number of aromatic nitrogens is 4. The molecule has 0 bridgehead atoms. The van der Waals surface area contributed by atoms with E-state index in [9.17, 15) is 4.39 Å². The zero-order valence-corrected chi connectivity index (χ0v) is 7.98. The molecule has 2 heterocycles. The predicted octanol–water partition coefficient (Wildman–Crippen LogP) is 1.73. The Hall–Kier alpha value is -2.04. The molecule has 15 heavy (non-hydrogen) atoms. The van der Waals surface area contributed by atoms with Crippen LogP contribution >= 0.6 is 0 Å². The van der Waals surface area contributed by atoms with E-state index in [0.29, 0.717) is 17.1 Å². The maximum absolute atomic E-state index is 13.7. The molecule has 0 saturated heterocycles. The van der Waals surface area contributed by atoms with Gasteiger partial charge in [-0.25, -0.2) is 9.37 Å². The van der Waals surface area contributed by atoms with Crippen molar-refractivity contribution in [3.05, 3.63) is 36.0 Å². The van der Waals surface area contributed by atoms with Gasteiger partial charge in [0.05, 0.1) is 5.52 Å².